The van der Waals surface area contributed by atoms with Gasteiger partial charge in [0.2, 0.25) is 0 Å². The molecular weight excluding hydrogens is 186 g/mol. The van der Waals surface area contributed by atoms with Gasteiger partial charge in [-0.1, -0.05) is 19.1 Å². The highest BCUT2D eigenvalue weighted by Crippen LogP contribution is 2.21. The predicted octanol–water partition coefficient (Wildman–Crippen LogP) is 3.02. The molecule has 2 rings (SSSR count). The average Bonchev–Trinajstić information content (AvgIpc) is 2.30. The van der Waals surface area contributed by atoms with Gasteiger partial charge in [-0.05, 0) is 41.8 Å². The zero-order valence-electron chi connectivity index (χ0n) is 8.64. The van der Waals surface area contributed by atoms with E-state index in [0.717, 1.165) is 23.2 Å². The topological polar surface area (TPSA) is 33.1 Å². The van der Waals surface area contributed by atoms with Crippen LogP contribution in [0.15, 0.2) is 42.6 Å². The highest BCUT2D eigenvalue weighted by atomic mass is 16.3. The Morgan fingerprint density at radius 3 is 2.47 bits per heavy atom. The molecule has 0 aliphatic rings. The number of aromatic hydroxyl groups is 1. The van der Waals surface area contributed by atoms with E-state index < -0.39 is 0 Å². The first-order chi connectivity index (χ1) is 7.29. The molecule has 1 aromatic heterocycles. The van der Waals surface area contributed by atoms with E-state index >= 15 is 0 Å². The van der Waals surface area contributed by atoms with Crippen LogP contribution < -0.4 is 0 Å². The molecule has 1 N–H and O–H groups in total. The van der Waals surface area contributed by atoms with E-state index in [1.807, 2.05) is 24.4 Å². The van der Waals surface area contributed by atoms with Gasteiger partial charge in [-0.25, -0.2) is 0 Å². The molecule has 2 aromatic rings. The molecule has 2 nitrogen and oxygen atoms in total. The van der Waals surface area contributed by atoms with E-state index in [1.165, 1.54) is 0 Å². The quantitative estimate of drug-likeness (QED) is 0.806. The normalized spacial score (nSPS) is 10.2. The summed E-state index contributed by atoms with van der Waals surface area (Å²) in [5.74, 6) is 0.295. The van der Waals surface area contributed by atoms with Crippen molar-refractivity contribution in [1.82, 2.24) is 4.98 Å². The number of nitrogens with zero attached hydrogens (tertiary/aromatic N) is 1. The first kappa shape index (κ1) is 9.71. The zero-order valence-corrected chi connectivity index (χ0v) is 8.64. The summed E-state index contributed by atoms with van der Waals surface area (Å²) in [5.41, 5.74) is 3.33. The van der Waals surface area contributed by atoms with E-state index in [9.17, 15) is 5.11 Å². The molecular formula is C13H13NO. The van der Waals surface area contributed by atoms with Crippen LogP contribution in [0.1, 0.15) is 12.6 Å². The van der Waals surface area contributed by atoms with Gasteiger partial charge in [0.1, 0.15) is 5.75 Å². The molecule has 0 saturated carbocycles. The third kappa shape index (κ3) is 2.15. The van der Waals surface area contributed by atoms with Crippen LogP contribution >= 0.6 is 0 Å². The number of benzene rings is 1. The monoisotopic (exact) mass is 199 g/mol. The summed E-state index contributed by atoms with van der Waals surface area (Å²) in [6.45, 7) is 2.09. The second kappa shape index (κ2) is 4.13. The van der Waals surface area contributed by atoms with Crippen molar-refractivity contribution in [3.8, 4) is 16.9 Å². The summed E-state index contributed by atoms with van der Waals surface area (Å²) in [5, 5.41) is 9.19. The highest BCUT2D eigenvalue weighted by Gasteiger charge is 1.99. The molecule has 0 amide bonds. The summed E-state index contributed by atoms with van der Waals surface area (Å²) >= 11 is 0. The molecule has 0 fully saturated rings. The van der Waals surface area contributed by atoms with Crippen LogP contribution in [0.4, 0.5) is 0 Å². The highest BCUT2D eigenvalue weighted by molar-refractivity contribution is 5.64. The molecule has 0 aliphatic heterocycles. The first-order valence-corrected chi connectivity index (χ1v) is 5.04. The summed E-state index contributed by atoms with van der Waals surface area (Å²) in [6.07, 6.45) is 2.76. The first-order valence-electron chi connectivity index (χ1n) is 5.04. The van der Waals surface area contributed by atoms with Crippen LogP contribution in [0.2, 0.25) is 0 Å². The maximum atomic E-state index is 9.19. The third-order valence-corrected chi connectivity index (χ3v) is 2.38. The minimum Gasteiger partial charge on any atom is -0.508 e. The van der Waals surface area contributed by atoms with Gasteiger partial charge in [0.15, 0.2) is 0 Å². The molecule has 15 heavy (non-hydrogen) atoms. The van der Waals surface area contributed by atoms with Gasteiger partial charge in [-0.15, -0.1) is 0 Å². The number of aromatic nitrogens is 1. The van der Waals surface area contributed by atoms with Gasteiger partial charge >= 0.3 is 0 Å². The molecule has 76 valence electrons. The number of pyridine rings is 1. The number of hydrogen-bond acceptors (Lipinski definition) is 2. The second-order valence-corrected chi connectivity index (χ2v) is 3.44. The smallest absolute Gasteiger partial charge is 0.115 e. The Bertz CT molecular complexity index is 448. The number of hydrogen-bond donors (Lipinski definition) is 1. The van der Waals surface area contributed by atoms with E-state index in [2.05, 4.69) is 18.0 Å². The summed E-state index contributed by atoms with van der Waals surface area (Å²) in [6, 6.07) is 11.3. The molecule has 0 saturated heterocycles. The van der Waals surface area contributed by atoms with Crippen molar-refractivity contribution < 1.29 is 5.11 Å². The lowest BCUT2D eigenvalue weighted by molar-refractivity contribution is 0.475. The lowest BCUT2D eigenvalue weighted by Crippen LogP contribution is -1.86. The minimum absolute atomic E-state index is 0.295. The van der Waals surface area contributed by atoms with Gasteiger partial charge in [0.05, 0.1) is 0 Å². The number of phenols is 1. The van der Waals surface area contributed by atoms with E-state index in [4.69, 9.17) is 0 Å². The Hall–Kier alpha value is -1.83. The minimum atomic E-state index is 0.295. The molecule has 0 aliphatic carbocycles. The summed E-state index contributed by atoms with van der Waals surface area (Å²) < 4.78 is 0. The number of aryl methyl sites for hydroxylation is 1. The van der Waals surface area contributed by atoms with Crippen LogP contribution in [0.5, 0.6) is 5.75 Å². The van der Waals surface area contributed by atoms with Crippen molar-refractivity contribution >= 4 is 0 Å². The fourth-order valence-corrected chi connectivity index (χ4v) is 1.50. The lowest BCUT2D eigenvalue weighted by Gasteiger charge is -2.03. The van der Waals surface area contributed by atoms with E-state index in [1.54, 1.807) is 12.1 Å². The van der Waals surface area contributed by atoms with Crippen molar-refractivity contribution in [3.63, 3.8) is 0 Å². The van der Waals surface area contributed by atoms with Crippen LogP contribution in [-0.2, 0) is 6.42 Å². The molecule has 0 spiro atoms. The number of phenolic OH excluding ortho intramolecular Hbond substituents is 1. The second-order valence-electron chi connectivity index (χ2n) is 3.44. The maximum Gasteiger partial charge on any atom is 0.115 e. The summed E-state index contributed by atoms with van der Waals surface area (Å²) in [4.78, 5) is 4.25. The SMILES string of the molecule is CCc1cc(-c2ccc(O)cc2)ccn1. The zero-order chi connectivity index (χ0) is 10.7. The molecule has 0 unspecified atom stereocenters. The molecule has 1 aromatic carbocycles. The van der Waals surface area contributed by atoms with Crippen molar-refractivity contribution in [2.45, 2.75) is 13.3 Å². The van der Waals surface area contributed by atoms with Gasteiger partial charge < -0.3 is 5.11 Å². The van der Waals surface area contributed by atoms with Gasteiger partial charge in [0.25, 0.3) is 0 Å². The van der Waals surface area contributed by atoms with Crippen molar-refractivity contribution in [1.29, 1.82) is 0 Å². The van der Waals surface area contributed by atoms with Crippen LogP contribution in [0, 0.1) is 0 Å². The molecule has 0 atom stereocenters. The van der Waals surface area contributed by atoms with Crippen molar-refractivity contribution in [2.24, 2.45) is 0 Å². The Balaban J connectivity index is 2.40. The summed E-state index contributed by atoms with van der Waals surface area (Å²) in [7, 11) is 0. The predicted molar refractivity (Wildman–Crippen MR) is 60.7 cm³/mol. The molecule has 0 radical (unpaired) electrons. The van der Waals surface area contributed by atoms with Crippen LogP contribution in [0.3, 0.4) is 0 Å². The molecule has 2 heteroatoms. The Kier molecular flexibility index (Phi) is 2.68. The number of rotatable bonds is 2. The molecule has 1 heterocycles. The van der Waals surface area contributed by atoms with Gasteiger partial charge in [0, 0.05) is 11.9 Å². The lowest BCUT2D eigenvalue weighted by atomic mass is 10.1. The Labute approximate surface area is 89.2 Å². The largest absolute Gasteiger partial charge is 0.508 e. The average molecular weight is 199 g/mol. The van der Waals surface area contributed by atoms with Crippen molar-refractivity contribution in [2.75, 3.05) is 0 Å². The maximum absolute atomic E-state index is 9.19. The Morgan fingerprint density at radius 1 is 1.07 bits per heavy atom. The van der Waals surface area contributed by atoms with Gasteiger partial charge in [-0.3, -0.25) is 4.98 Å². The van der Waals surface area contributed by atoms with Crippen LogP contribution in [-0.4, -0.2) is 10.1 Å². The third-order valence-electron chi connectivity index (χ3n) is 2.38. The van der Waals surface area contributed by atoms with Gasteiger partial charge in [-0.2, -0.15) is 0 Å². The standard InChI is InChI=1S/C13H13NO/c1-2-12-9-11(7-8-14-12)10-3-5-13(15)6-4-10/h3-9,15H,2H2,1H3. The fraction of sp³-hybridized carbons (Fsp3) is 0.154. The Morgan fingerprint density at radius 2 is 1.80 bits per heavy atom. The molecule has 0 bridgehead atoms. The van der Waals surface area contributed by atoms with Crippen molar-refractivity contribution in [3.05, 3.63) is 48.3 Å². The fourth-order valence-electron chi connectivity index (χ4n) is 1.50. The van der Waals surface area contributed by atoms with Crippen LogP contribution in [0.25, 0.3) is 11.1 Å². The van der Waals surface area contributed by atoms with E-state index in [-0.39, 0.29) is 0 Å². The van der Waals surface area contributed by atoms with E-state index in [0.29, 0.717) is 5.75 Å².